The molecule has 0 radical (unpaired) electrons. The van der Waals surface area contributed by atoms with Gasteiger partial charge in [-0.05, 0) is 43.7 Å². The van der Waals surface area contributed by atoms with Crippen LogP contribution in [-0.2, 0) is 0 Å². The van der Waals surface area contributed by atoms with E-state index in [-0.39, 0.29) is 17.9 Å². The van der Waals surface area contributed by atoms with Crippen LogP contribution in [0.4, 0.5) is 0 Å². The lowest BCUT2D eigenvalue weighted by Crippen LogP contribution is -2.37. The van der Waals surface area contributed by atoms with Crippen molar-refractivity contribution in [3.05, 3.63) is 70.8 Å². The van der Waals surface area contributed by atoms with Crippen LogP contribution in [0.2, 0.25) is 0 Å². The summed E-state index contributed by atoms with van der Waals surface area (Å²) >= 11 is 0. The standard InChI is InChI=1S/C23H23NO2/c1-3-4-6-9-17(2)24-22(25)20-15-14-19(16-21(20)23(24)26)13-12-18-10-7-5-8-11-18/h5,7-8,10-11,14-17H,3-4,6,9H2,1-2H3. The Bertz CT molecular complexity index is 874. The third-order valence-corrected chi connectivity index (χ3v) is 4.71. The summed E-state index contributed by atoms with van der Waals surface area (Å²) in [5, 5.41) is 0. The van der Waals surface area contributed by atoms with E-state index in [9.17, 15) is 9.59 Å². The largest absolute Gasteiger partial charge is 0.272 e. The summed E-state index contributed by atoms with van der Waals surface area (Å²) in [6.07, 6.45) is 4.11. The summed E-state index contributed by atoms with van der Waals surface area (Å²) in [4.78, 5) is 26.8. The van der Waals surface area contributed by atoms with Gasteiger partial charge in [-0.2, -0.15) is 0 Å². The van der Waals surface area contributed by atoms with Crippen molar-refractivity contribution in [1.82, 2.24) is 4.90 Å². The number of nitrogens with zero attached hydrogens (tertiary/aromatic N) is 1. The van der Waals surface area contributed by atoms with Crippen LogP contribution >= 0.6 is 0 Å². The fourth-order valence-corrected chi connectivity index (χ4v) is 3.22. The SMILES string of the molecule is CCCCCC(C)N1C(=O)c2ccc(C#Cc3ccccc3)cc2C1=O. The van der Waals surface area contributed by atoms with E-state index >= 15 is 0 Å². The van der Waals surface area contributed by atoms with E-state index in [1.54, 1.807) is 12.1 Å². The Kier molecular flexibility index (Phi) is 5.53. The van der Waals surface area contributed by atoms with Crippen molar-refractivity contribution in [2.75, 3.05) is 0 Å². The molecule has 0 saturated carbocycles. The van der Waals surface area contributed by atoms with Crippen molar-refractivity contribution in [3.63, 3.8) is 0 Å². The maximum Gasteiger partial charge on any atom is 0.261 e. The first kappa shape index (κ1) is 17.9. The number of rotatable bonds is 5. The number of fused-ring (bicyclic) bond motifs is 1. The Morgan fingerprint density at radius 2 is 1.58 bits per heavy atom. The van der Waals surface area contributed by atoms with Gasteiger partial charge in [-0.3, -0.25) is 14.5 Å². The van der Waals surface area contributed by atoms with E-state index in [2.05, 4.69) is 18.8 Å². The van der Waals surface area contributed by atoms with Crippen LogP contribution in [0.3, 0.4) is 0 Å². The molecule has 2 aromatic carbocycles. The van der Waals surface area contributed by atoms with Gasteiger partial charge in [0.15, 0.2) is 0 Å². The van der Waals surface area contributed by atoms with Crippen LogP contribution in [0, 0.1) is 11.8 Å². The molecule has 0 spiro atoms. The molecule has 0 aromatic heterocycles. The van der Waals surface area contributed by atoms with Gasteiger partial charge in [0.25, 0.3) is 11.8 Å². The van der Waals surface area contributed by atoms with E-state index in [1.165, 1.54) is 4.90 Å². The molecule has 0 aliphatic carbocycles. The van der Waals surface area contributed by atoms with Gasteiger partial charge in [-0.15, -0.1) is 0 Å². The first-order valence-electron chi connectivity index (χ1n) is 9.21. The maximum absolute atomic E-state index is 12.8. The van der Waals surface area contributed by atoms with Crippen LogP contribution in [0.15, 0.2) is 48.5 Å². The number of imide groups is 1. The number of unbranched alkanes of at least 4 members (excludes halogenated alkanes) is 2. The van der Waals surface area contributed by atoms with Crippen molar-refractivity contribution in [2.45, 2.75) is 45.6 Å². The Hall–Kier alpha value is -2.86. The van der Waals surface area contributed by atoms with E-state index in [4.69, 9.17) is 0 Å². The van der Waals surface area contributed by atoms with Crippen LogP contribution in [0.1, 0.15) is 71.4 Å². The highest BCUT2D eigenvalue weighted by Crippen LogP contribution is 2.27. The summed E-state index contributed by atoms with van der Waals surface area (Å²) < 4.78 is 0. The van der Waals surface area contributed by atoms with Crippen LogP contribution in [0.5, 0.6) is 0 Å². The molecule has 3 heteroatoms. The molecule has 3 rings (SSSR count). The molecular weight excluding hydrogens is 322 g/mol. The number of carbonyl (C=O) groups excluding carboxylic acids is 2. The van der Waals surface area contributed by atoms with Crippen LogP contribution < -0.4 is 0 Å². The highest BCUT2D eigenvalue weighted by molar-refractivity contribution is 6.21. The first-order chi connectivity index (χ1) is 12.6. The van der Waals surface area contributed by atoms with Crippen molar-refractivity contribution < 1.29 is 9.59 Å². The monoisotopic (exact) mass is 345 g/mol. The van der Waals surface area contributed by atoms with Crippen LogP contribution in [0.25, 0.3) is 0 Å². The second kappa shape index (κ2) is 8.01. The summed E-state index contributed by atoms with van der Waals surface area (Å²) in [5.41, 5.74) is 2.62. The maximum atomic E-state index is 12.8. The minimum Gasteiger partial charge on any atom is -0.272 e. The molecule has 3 nitrogen and oxygen atoms in total. The lowest BCUT2D eigenvalue weighted by Gasteiger charge is -2.22. The van der Waals surface area contributed by atoms with Crippen molar-refractivity contribution in [1.29, 1.82) is 0 Å². The number of amides is 2. The van der Waals surface area contributed by atoms with Crippen molar-refractivity contribution in [2.24, 2.45) is 0 Å². The quantitative estimate of drug-likeness (QED) is 0.449. The number of hydrogen-bond donors (Lipinski definition) is 0. The van der Waals surface area contributed by atoms with Gasteiger partial charge in [-0.1, -0.05) is 56.2 Å². The Labute approximate surface area is 155 Å². The predicted molar refractivity (Wildman–Crippen MR) is 103 cm³/mol. The minimum atomic E-state index is -0.197. The summed E-state index contributed by atoms with van der Waals surface area (Å²) in [6.45, 7) is 4.10. The molecule has 1 heterocycles. The first-order valence-corrected chi connectivity index (χ1v) is 9.21. The molecule has 2 aromatic rings. The molecule has 2 amide bonds. The average Bonchev–Trinajstić information content (AvgIpc) is 2.91. The third kappa shape index (κ3) is 3.70. The fraction of sp³-hybridized carbons (Fsp3) is 0.304. The molecule has 1 unspecified atom stereocenters. The van der Waals surface area contributed by atoms with E-state index < -0.39 is 0 Å². The van der Waals surface area contributed by atoms with Crippen molar-refractivity contribution >= 4 is 11.8 Å². The minimum absolute atomic E-state index is 0.0761. The zero-order chi connectivity index (χ0) is 18.5. The third-order valence-electron chi connectivity index (χ3n) is 4.71. The van der Waals surface area contributed by atoms with Gasteiger partial charge in [0, 0.05) is 17.2 Å². The van der Waals surface area contributed by atoms with E-state index in [1.807, 2.05) is 43.3 Å². The Balaban J connectivity index is 1.81. The Morgan fingerprint density at radius 1 is 0.885 bits per heavy atom. The molecule has 0 bridgehead atoms. The predicted octanol–water partition coefficient (Wildman–Crippen LogP) is 4.65. The smallest absolute Gasteiger partial charge is 0.261 e. The van der Waals surface area contributed by atoms with E-state index in [0.717, 1.165) is 36.8 Å². The van der Waals surface area contributed by atoms with Crippen LogP contribution in [-0.4, -0.2) is 22.8 Å². The lowest BCUT2D eigenvalue weighted by atomic mass is 10.1. The molecular formula is C23H23NO2. The summed E-state index contributed by atoms with van der Waals surface area (Å²) in [6, 6.07) is 14.9. The van der Waals surface area contributed by atoms with E-state index in [0.29, 0.717) is 11.1 Å². The summed E-state index contributed by atoms with van der Waals surface area (Å²) in [7, 11) is 0. The second-order valence-electron chi connectivity index (χ2n) is 6.70. The number of carbonyl (C=O) groups is 2. The number of hydrogen-bond acceptors (Lipinski definition) is 2. The van der Waals surface area contributed by atoms with Gasteiger partial charge in [-0.25, -0.2) is 0 Å². The topological polar surface area (TPSA) is 37.4 Å². The Morgan fingerprint density at radius 3 is 2.31 bits per heavy atom. The lowest BCUT2D eigenvalue weighted by molar-refractivity contribution is 0.0588. The van der Waals surface area contributed by atoms with Crippen molar-refractivity contribution in [3.8, 4) is 11.8 Å². The molecule has 132 valence electrons. The van der Waals surface area contributed by atoms with Gasteiger partial charge in [0.1, 0.15) is 0 Å². The molecule has 26 heavy (non-hydrogen) atoms. The summed E-state index contributed by atoms with van der Waals surface area (Å²) in [5.74, 6) is 5.79. The van der Waals surface area contributed by atoms with Gasteiger partial charge >= 0.3 is 0 Å². The second-order valence-corrected chi connectivity index (χ2v) is 6.70. The zero-order valence-corrected chi connectivity index (χ0v) is 15.3. The highest BCUT2D eigenvalue weighted by Gasteiger charge is 2.38. The van der Waals surface area contributed by atoms with Gasteiger partial charge < -0.3 is 0 Å². The molecule has 1 aliphatic rings. The molecule has 0 N–H and O–H groups in total. The normalized spacial score (nSPS) is 14.0. The zero-order valence-electron chi connectivity index (χ0n) is 15.3. The molecule has 1 aliphatic heterocycles. The highest BCUT2D eigenvalue weighted by atomic mass is 16.2. The van der Waals surface area contributed by atoms with Gasteiger partial charge in [0.05, 0.1) is 11.1 Å². The molecule has 0 saturated heterocycles. The molecule has 0 fully saturated rings. The average molecular weight is 345 g/mol. The molecule has 1 atom stereocenters. The number of benzene rings is 2. The fourth-order valence-electron chi connectivity index (χ4n) is 3.22. The van der Waals surface area contributed by atoms with Gasteiger partial charge in [0.2, 0.25) is 0 Å².